The second-order valence-corrected chi connectivity index (χ2v) is 4.26. The van der Waals surface area contributed by atoms with Crippen LogP contribution in [0, 0.1) is 11.7 Å². The molecule has 0 unspecified atom stereocenters. The van der Waals surface area contributed by atoms with E-state index in [2.05, 4.69) is 0 Å². The van der Waals surface area contributed by atoms with Gasteiger partial charge in [0.2, 0.25) is 0 Å². The monoisotopic (exact) mass is 209 g/mol. The van der Waals surface area contributed by atoms with E-state index in [0.29, 0.717) is 11.5 Å². The van der Waals surface area contributed by atoms with E-state index in [1.165, 1.54) is 12.1 Å². The molecule has 3 N–H and O–H groups in total. The van der Waals surface area contributed by atoms with Crippen LogP contribution in [0.4, 0.5) is 4.39 Å². The van der Waals surface area contributed by atoms with Crippen molar-refractivity contribution in [2.75, 3.05) is 0 Å². The van der Waals surface area contributed by atoms with E-state index in [4.69, 9.17) is 5.73 Å². The quantitative estimate of drug-likeness (QED) is 0.799. The first kappa shape index (κ1) is 10.6. The van der Waals surface area contributed by atoms with Crippen molar-refractivity contribution in [1.29, 1.82) is 0 Å². The van der Waals surface area contributed by atoms with Crippen molar-refractivity contribution in [1.82, 2.24) is 0 Å². The van der Waals surface area contributed by atoms with Gasteiger partial charge in [0.15, 0.2) is 0 Å². The highest BCUT2D eigenvalue weighted by atomic mass is 19.1. The van der Waals surface area contributed by atoms with Crippen LogP contribution in [-0.2, 0) is 0 Å². The molecule has 1 aliphatic carbocycles. The van der Waals surface area contributed by atoms with E-state index in [1.54, 1.807) is 12.1 Å². The summed E-state index contributed by atoms with van der Waals surface area (Å²) in [5, 5.41) is 9.93. The molecule has 0 aromatic heterocycles. The van der Waals surface area contributed by atoms with Gasteiger partial charge in [0.05, 0.1) is 12.1 Å². The van der Waals surface area contributed by atoms with Gasteiger partial charge in [-0.05, 0) is 36.5 Å². The molecule has 2 atom stereocenters. The van der Waals surface area contributed by atoms with Crippen LogP contribution >= 0.6 is 0 Å². The van der Waals surface area contributed by atoms with Gasteiger partial charge in [0, 0.05) is 0 Å². The Bertz CT molecular complexity index is 338. The summed E-state index contributed by atoms with van der Waals surface area (Å²) in [7, 11) is 0. The third-order valence-electron chi connectivity index (χ3n) is 3.23. The van der Waals surface area contributed by atoms with Gasteiger partial charge in [-0.1, -0.05) is 18.6 Å². The molecule has 0 spiro atoms. The van der Waals surface area contributed by atoms with Gasteiger partial charge in [-0.2, -0.15) is 0 Å². The van der Waals surface area contributed by atoms with E-state index >= 15 is 0 Å². The van der Waals surface area contributed by atoms with Crippen molar-refractivity contribution < 1.29 is 9.50 Å². The standard InChI is InChI=1S/C12H16FNO/c13-10-6-2-5-9(7-10)11(14)12(15)8-3-1-4-8/h2,5-8,11-12,15H,1,3-4,14H2/t11-,12+/m0/s1. The Labute approximate surface area is 88.9 Å². The highest BCUT2D eigenvalue weighted by Gasteiger charge is 2.30. The summed E-state index contributed by atoms with van der Waals surface area (Å²) in [6, 6.07) is 5.69. The lowest BCUT2D eigenvalue weighted by Gasteiger charge is -2.33. The van der Waals surface area contributed by atoms with Gasteiger partial charge in [-0.3, -0.25) is 0 Å². The number of aliphatic hydroxyl groups excluding tert-OH is 1. The number of nitrogens with two attached hydrogens (primary N) is 1. The fourth-order valence-electron chi connectivity index (χ4n) is 1.99. The molecule has 82 valence electrons. The SMILES string of the molecule is N[C@@H](c1cccc(F)c1)[C@H](O)C1CCC1. The van der Waals surface area contributed by atoms with Crippen LogP contribution in [-0.4, -0.2) is 11.2 Å². The molecule has 2 rings (SSSR count). The van der Waals surface area contributed by atoms with Crippen LogP contribution in [0.25, 0.3) is 0 Å². The zero-order chi connectivity index (χ0) is 10.8. The Morgan fingerprint density at radius 1 is 1.40 bits per heavy atom. The van der Waals surface area contributed by atoms with Crippen molar-refractivity contribution in [2.45, 2.75) is 31.4 Å². The molecule has 0 saturated heterocycles. The maximum Gasteiger partial charge on any atom is 0.123 e. The second kappa shape index (κ2) is 4.29. The van der Waals surface area contributed by atoms with Crippen molar-refractivity contribution in [3.63, 3.8) is 0 Å². The lowest BCUT2D eigenvalue weighted by molar-refractivity contribution is 0.0413. The van der Waals surface area contributed by atoms with Crippen LogP contribution in [0.5, 0.6) is 0 Å². The maximum absolute atomic E-state index is 13.0. The average molecular weight is 209 g/mol. The average Bonchev–Trinajstić information content (AvgIpc) is 2.14. The third-order valence-corrected chi connectivity index (χ3v) is 3.23. The van der Waals surface area contributed by atoms with Crippen molar-refractivity contribution in [3.05, 3.63) is 35.6 Å². The summed E-state index contributed by atoms with van der Waals surface area (Å²) < 4.78 is 13.0. The first-order valence-electron chi connectivity index (χ1n) is 5.37. The van der Waals surface area contributed by atoms with Gasteiger partial charge in [-0.15, -0.1) is 0 Å². The number of halogens is 1. The molecule has 1 aromatic carbocycles. The van der Waals surface area contributed by atoms with Gasteiger partial charge < -0.3 is 10.8 Å². The molecular formula is C12H16FNO. The minimum Gasteiger partial charge on any atom is -0.391 e. The van der Waals surface area contributed by atoms with Gasteiger partial charge in [0.1, 0.15) is 5.82 Å². The molecule has 0 amide bonds. The molecule has 0 bridgehead atoms. The highest BCUT2D eigenvalue weighted by molar-refractivity contribution is 5.21. The van der Waals surface area contributed by atoms with E-state index in [9.17, 15) is 9.50 Å². The van der Waals surface area contributed by atoms with Crippen molar-refractivity contribution in [3.8, 4) is 0 Å². The summed E-state index contributed by atoms with van der Waals surface area (Å²) in [4.78, 5) is 0. The predicted molar refractivity (Wildman–Crippen MR) is 56.7 cm³/mol. The van der Waals surface area contributed by atoms with E-state index in [1.807, 2.05) is 0 Å². The molecule has 1 saturated carbocycles. The van der Waals surface area contributed by atoms with E-state index in [0.717, 1.165) is 19.3 Å². The molecule has 1 fully saturated rings. The zero-order valence-electron chi connectivity index (χ0n) is 8.57. The van der Waals surface area contributed by atoms with Crippen LogP contribution in [0.1, 0.15) is 30.9 Å². The Morgan fingerprint density at radius 2 is 2.13 bits per heavy atom. The molecule has 2 nitrogen and oxygen atoms in total. The number of hydrogen-bond donors (Lipinski definition) is 2. The minimum atomic E-state index is -0.541. The van der Waals surface area contributed by atoms with Gasteiger partial charge >= 0.3 is 0 Å². The zero-order valence-corrected chi connectivity index (χ0v) is 8.57. The first-order valence-corrected chi connectivity index (χ1v) is 5.37. The van der Waals surface area contributed by atoms with Gasteiger partial charge in [-0.25, -0.2) is 4.39 Å². The Morgan fingerprint density at radius 3 is 2.67 bits per heavy atom. The Kier molecular flexibility index (Phi) is 3.03. The fraction of sp³-hybridized carbons (Fsp3) is 0.500. The third kappa shape index (κ3) is 2.19. The number of rotatable bonds is 3. The van der Waals surface area contributed by atoms with Crippen LogP contribution < -0.4 is 5.73 Å². The molecule has 0 radical (unpaired) electrons. The van der Waals surface area contributed by atoms with Crippen molar-refractivity contribution in [2.24, 2.45) is 11.7 Å². The summed E-state index contributed by atoms with van der Waals surface area (Å²) in [6.45, 7) is 0. The highest BCUT2D eigenvalue weighted by Crippen LogP contribution is 2.34. The first-order chi connectivity index (χ1) is 7.18. The maximum atomic E-state index is 13.0. The number of hydrogen-bond acceptors (Lipinski definition) is 2. The molecule has 0 aliphatic heterocycles. The molecule has 1 aromatic rings. The molecule has 0 heterocycles. The lowest BCUT2D eigenvalue weighted by atomic mass is 9.77. The topological polar surface area (TPSA) is 46.2 Å². The molecule has 1 aliphatic rings. The van der Waals surface area contributed by atoms with E-state index in [-0.39, 0.29) is 5.82 Å². The molecular weight excluding hydrogens is 193 g/mol. The Hall–Kier alpha value is -0.930. The number of benzene rings is 1. The normalized spacial score (nSPS) is 20.7. The fourth-order valence-corrected chi connectivity index (χ4v) is 1.99. The van der Waals surface area contributed by atoms with Crippen LogP contribution in [0.3, 0.4) is 0 Å². The molecule has 15 heavy (non-hydrogen) atoms. The van der Waals surface area contributed by atoms with Crippen LogP contribution in [0.2, 0.25) is 0 Å². The summed E-state index contributed by atoms with van der Waals surface area (Å²) in [5.74, 6) is -0.00738. The number of aliphatic hydroxyl groups is 1. The second-order valence-electron chi connectivity index (χ2n) is 4.26. The predicted octanol–water partition coefficient (Wildman–Crippen LogP) is 1.99. The lowest BCUT2D eigenvalue weighted by Crippen LogP contribution is -2.36. The largest absolute Gasteiger partial charge is 0.391 e. The van der Waals surface area contributed by atoms with Gasteiger partial charge in [0.25, 0.3) is 0 Å². The smallest absolute Gasteiger partial charge is 0.123 e. The summed E-state index contributed by atoms with van der Waals surface area (Å²) in [6.07, 6.45) is 2.69. The molecule has 3 heteroatoms. The summed E-state index contributed by atoms with van der Waals surface area (Å²) in [5.41, 5.74) is 6.58. The van der Waals surface area contributed by atoms with Crippen molar-refractivity contribution >= 4 is 0 Å². The minimum absolute atomic E-state index is 0.295. The van der Waals surface area contributed by atoms with Crippen LogP contribution in [0.15, 0.2) is 24.3 Å². The van der Waals surface area contributed by atoms with E-state index < -0.39 is 12.1 Å². The Balaban J connectivity index is 2.08. The summed E-state index contributed by atoms with van der Waals surface area (Å²) >= 11 is 0.